The van der Waals surface area contributed by atoms with Crippen LogP contribution >= 0.6 is 24.4 Å². The molecule has 1 heterocycles. The van der Waals surface area contributed by atoms with Gasteiger partial charge >= 0.3 is 0 Å². The van der Waals surface area contributed by atoms with Crippen LogP contribution in [0.4, 0.5) is 0 Å². The lowest BCUT2D eigenvalue weighted by atomic mass is 10.5. The average Bonchev–Trinajstić information content (AvgIpc) is 2.12. The van der Waals surface area contributed by atoms with Crippen molar-refractivity contribution in [3.05, 3.63) is 0 Å². The predicted molar refractivity (Wildman–Crippen MR) is 43.2 cm³/mol. The summed E-state index contributed by atoms with van der Waals surface area (Å²) in [5.41, 5.74) is 0. The van der Waals surface area contributed by atoms with Crippen LogP contribution in [-0.2, 0) is 0 Å². The van der Waals surface area contributed by atoms with Crippen LogP contribution in [0, 0.1) is 0 Å². The third-order valence-corrected chi connectivity index (χ3v) is 2.70. The van der Waals surface area contributed by atoms with Gasteiger partial charge in [-0.1, -0.05) is 6.92 Å². The molecule has 0 aromatic carbocycles. The third-order valence-electron chi connectivity index (χ3n) is 1.01. The highest BCUT2D eigenvalue weighted by Gasteiger charge is 2.14. The van der Waals surface area contributed by atoms with Crippen molar-refractivity contribution < 1.29 is 0 Å². The lowest BCUT2D eigenvalue weighted by molar-refractivity contribution is 0.910. The quantitative estimate of drug-likeness (QED) is 0.554. The number of hydrogen-bond acceptors (Lipinski definition) is 3. The van der Waals surface area contributed by atoms with Crippen LogP contribution in [-0.4, -0.2) is 22.6 Å². The minimum absolute atomic E-state index is 0.402. The molecule has 0 fully saturated rings. The molecule has 1 aliphatic heterocycles. The van der Waals surface area contributed by atoms with Gasteiger partial charge in [0.05, 0.1) is 0 Å². The standard InChI is InChI=1S/C5H9NS2/c1-4(7)5-6-2-3-8-5/h2,4-5,7H,3H2,1H3. The number of aliphatic imine (C=N–C) groups is 1. The van der Waals surface area contributed by atoms with Gasteiger partial charge in [0.15, 0.2) is 0 Å². The van der Waals surface area contributed by atoms with Gasteiger partial charge < -0.3 is 0 Å². The molecule has 2 unspecified atom stereocenters. The predicted octanol–water partition coefficient (Wildman–Crippen LogP) is 1.45. The maximum atomic E-state index is 4.26. The van der Waals surface area contributed by atoms with E-state index in [4.69, 9.17) is 0 Å². The van der Waals surface area contributed by atoms with Gasteiger partial charge in [-0.05, 0) is 0 Å². The number of rotatable bonds is 1. The zero-order valence-electron chi connectivity index (χ0n) is 4.74. The van der Waals surface area contributed by atoms with Crippen molar-refractivity contribution in [3.8, 4) is 0 Å². The Balaban J connectivity index is 2.36. The Morgan fingerprint density at radius 2 is 2.75 bits per heavy atom. The fraction of sp³-hybridized carbons (Fsp3) is 0.800. The summed E-state index contributed by atoms with van der Waals surface area (Å²) in [5.74, 6) is 1.07. The second kappa shape index (κ2) is 2.78. The van der Waals surface area contributed by atoms with E-state index in [1.165, 1.54) is 0 Å². The van der Waals surface area contributed by atoms with E-state index in [9.17, 15) is 0 Å². The van der Waals surface area contributed by atoms with Gasteiger partial charge in [0, 0.05) is 17.2 Å². The smallest absolute Gasteiger partial charge is 0.106 e. The zero-order chi connectivity index (χ0) is 5.98. The maximum absolute atomic E-state index is 4.26. The Labute approximate surface area is 59.4 Å². The molecular formula is C5H9NS2. The monoisotopic (exact) mass is 147 g/mol. The lowest BCUT2D eigenvalue weighted by Gasteiger charge is -2.07. The van der Waals surface area contributed by atoms with E-state index < -0.39 is 0 Å². The molecule has 0 spiro atoms. The van der Waals surface area contributed by atoms with Gasteiger partial charge in [-0.3, -0.25) is 4.99 Å². The van der Waals surface area contributed by atoms with Gasteiger partial charge in [0.2, 0.25) is 0 Å². The molecule has 0 aromatic rings. The summed E-state index contributed by atoms with van der Waals surface area (Å²) >= 11 is 6.11. The minimum Gasteiger partial charge on any atom is -0.281 e. The molecule has 0 aliphatic carbocycles. The van der Waals surface area contributed by atoms with Crippen LogP contribution in [0.25, 0.3) is 0 Å². The molecule has 1 nitrogen and oxygen atoms in total. The number of hydrogen-bond donors (Lipinski definition) is 1. The molecule has 1 aliphatic rings. The van der Waals surface area contributed by atoms with Crippen molar-refractivity contribution in [3.63, 3.8) is 0 Å². The normalized spacial score (nSPS) is 31.0. The first-order valence-corrected chi connectivity index (χ1v) is 4.18. The third kappa shape index (κ3) is 1.42. The van der Waals surface area contributed by atoms with Gasteiger partial charge in [0.25, 0.3) is 0 Å². The molecule has 3 heteroatoms. The highest BCUT2D eigenvalue weighted by Crippen LogP contribution is 2.22. The zero-order valence-corrected chi connectivity index (χ0v) is 6.45. The first-order valence-electron chi connectivity index (χ1n) is 2.62. The Bertz CT molecular complexity index is 101. The van der Waals surface area contributed by atoms with Gasteiger partial charge in [-0.15, -0.1) is 11.8 Å². The van der Waals surface area contributed by atoms with Gasteiger partial charge in [-0.2, -0.15) is 12.6 Å². The first-order chi connectivity index (χ1) is 3.80. The van der Waals surface area contributed by atoms with Crippen molar-refractivity contribution in [2.75, 3.05) is 5.75 Å². The molecule has 0 bridgehead atoms. The Hall–Kier alpha value is 0.370. The van der Waals surface area contributed by atoms with E-state index in [0.29, 0.717) is 10.6 Å². The Morgan fingerprint density at radius 1 is 2.00 bits per heavy atom. The van der Waals surface area contributed by atoms with Crippen LogP contribution < -0.4 is 0 Å². The second-order valence-corrected chi connectivity index (χ2v) is 3.76. The summed E-state index contributed by atoms with van der Waals surface area (Å²) in [7, 11) is 0. The summed E-state index contributed by atoms with van der Waals surface area (Å²) in [6, 6.07) is 0. The Morgan fingerprint density at radius 3 is 3.00 bits per heavy atom. The fourth-order valence-electron chi connectivity index (χ4n) is 0.595. The molecule has 0 saturated carbocycles. The molecule has 2 atom stereocenters. The van der Waals surface area contributed by atoms with Crippen molar-refractivity contribution >= 4 is 30.6 Å². The average molecular weight is 147 g/mol. The molecule has 46 valence electrons. The van der Waals surface area contributed by atoms with Crippen LogP contribution in [0.1, 0.15) is 6.92 Å². The van der Waals surface area contributed by atoms with Crippen LogP contribution in [0.3, 0.4) is 0 Å². The van der Waals surface area contributed by atoms with E-state index in [2.05, 4.69) is 24.5 Å². The summed E-state index contributed by atoms with van der Waals surface area (Å²) in [6.07, 6.45) is 1.96. The highest BCUT2D eigenvalue weighted by molar-refractivity contribution is 8.01. The molecule has 0 radical (unpaired) electrons. The van der Waals surface area contributed by atoms with E-state index in [1.807, 2.05) is 18.0 Å². The Kier molecular flexibility index (Phi) is 2.26. The lowest BCUT2D eigenvalue weighted by Crippen LogP contribution is -2.07. The number of thioether (sulfide) groups is 1. The van der Waals surface area contributed by atoms with Crippen LogP contribution in [0.5, 0.6) is 0 Å². The van der Waals surface area contributed by atoms with Gasteiger partial charge in [0.1, 0.15) is 5.37 Å². The molecule has 0 saturated heterocycles. The summed E-state index contributed by atoms with van der Waals surface area (Å²) in [5, 5.41) is 0.817. The molecule has 0 N–H and O–H groups in total. The number of thiol groups is 1. The fourth-order valence-corrected chi connectivity index (χ4v) is 1.75. The molecule has 0 aromatic heterocycles. The largest absolute Gasteiger partial charge is 0.281 e. The molecular weight excluding hydrogens is 138 g/mol. The highest BCUT2D eigenvalue weighted by atomic mass is 32.2. The van der Waals surface area contributed by atoms with Crippen molar-refractivity contribution in [1.29, 1.82) is 0 Å². The van der Waals surface area contributed by atoms with Crippen LogP contribution in [0.15, 0.2) is 4.99 Å². The molecule has 0 amide bonds. The summed E-state index contributed by atoms with van der Waals surface area (Å²) < 4.78 is 0. The van der Waals surface area contributed by atoms with Crippen molar-refractivity contribution in [1.82, 2.24) is 0 Å². The molecule has 8 heavy (non-hydrogen) atoms. The molecule has 1 rings (SSSR count). The summed E-state index contributed by atoms with van der Waals surface area (Å²) in [4.78, 5) is 4.20. The van der Waals surface area contributed by atoms with Crippen molar-refractivity contribution in [2.45, 2.75) is 17.5 Å². The SMILES string of the molecule is CC(S)C1N=CCS1. The van der Waals surface area contributed by atoms with E-state index in [0.717, 1.165) is 5.75 Å². The summed E-state index contributed by atoms with van der Waals surface area (Å²) in [6.45, 7) is 2.07. The maximum Gasteiger partial charge on any atom is 0.106 e. The van der Waals surface area contributed by atoms with Crippen molar-refractivity contribution in [2.24, 2.45) is 4.99 Å². The van der Waals surface area contributed by atoms with Crippen LogP contribution in [0.2, 0.25) is 0 Å². The number of nitrogens with zero attached hydrogens (tertiary/aromatic N) is 1. The van der Waals surface area contributed by atoms with Gasteiger partial charge in [-0.25, -0.2) is 0 Å². The van der Waals surface area contributed by atoms with E-state index >= 15 is 0 Å². The van der Waals surface area contributed by atoms with E-state index in [-0.39, 0.29) is 0 Å². The first kappa shape index (κ1) is 6.49. The topological polar surface area (TPSA) is 12.4 Å². The minimum atomic E-state index is 0.402. The van der Waals surface area contributed by atoms with E-state index in [1.54, 1.807) is 0 Å². The second-order valence-electron chi connectivity index (χ2n) is 1.80.